The Balaban J connectivity index is 2.74. The molecule has 0 aliphatic rings. The first kappa shape index (κ1) is 13.6. The SMILES string of the molecule is CCCNc1cc(SCCO)nc(SC)n1. The molecule has 0 aliphatic heterocycles. The summed E-state index contributed by atoms with van der Waals surface area (Å²) in [6, 6.07) is 1.93. The molecular weight excluding hydrogens is 242 g/mol. The summed E-state index contributed by atoms with van der Waals surface area (Å²) < 4.78 is 0. The first-order valence-electron chi connectivity index (χ1n) is 5.20. The lowest BCUT2D eigenvalue weighted by Gasteiger charge is -2.07. The molecule has 4 nitrogen and oxygen atoms in total. The van der Waals surface area contributed by atoms with Crippen molar-refractivity contribution in [3.05, 3.63) is 6.07 Å². The van der Waals surface area contributed by atoms with Gasteiger partial charge in [0.15, 0.2) is 5.16 Å². The molecule has 16 heavy (non-hydrogen) atoms. The highest BCUT2D eigenvalue weighted by molar-refractivity contribution is 7.99. The standard InChI is InChI=1S/C10H17N3OS2/c1-3-4-11-8-7-9(16-6-5-14)13-10(12-8)15-2/h7,14H,3-6H2,1-2H3,(H,11,12,13). The van der Waals surface area contributed by atoms with Gasteiger partial charge in [-0.1, -0.05) is 18.7 Å². The van der Waals surface area contributed by atoms with Gasteiger partial charge >= 0.3 is 0 Å². The number of thioether (sulfide) groups is 2. The second-order valence-electron chi connectivity index (χ2n) is 3.08. The quantitative estimate of drug-likeness (QED) is 0.444. The second-order valence-corrected chi connectivity index (χ2v) is 4.97. The van der Waals surface area contributed by atoms with E-state index in [0.29, 0.717) is 5.75 Å². The summed E-state index contributed by atoms with van der Waals surface area (Å²) in [7, 11) is 0. The summed E-state index contributed by atoms with van der Waals surface area (Å²) in [4.78, 5) is 8.72. The first-order chi connectivity index (χ1) is 7.80. The summed E-state index contributed by atoms with van der Waals surface area (Å²) in [5, 5.41) is 13.7. The molecule has 0 fully saturated rings. The van der Waals surface area contributed by atoms with Crippen molar-refractivity contribution in [2.75, 3.05) is 30.5 Å². The largest absolute Gasteiger partial charge is 0.396 e. The fourth-order valence-corrected chi connectivity index (χ4v) is 2.15. The molecule has 0 bridgehead atoms. The summed E-state index contributed by atoms with van der Waals surface area (Å²) in [6.07, 6.45) is 3.02. The van der Waals surface area contributed by atoms with E-state index in [0.717, 1.165) is 29.0 Å². The van der Waals surface area contributed by atoms with Crippen LogP contribution in [-0.4, -0.2) is 40.2 Å². The summed E-state index contributed by atoms with van der Waals surface area (Å²) in [5.41, 5.74) is 0. The summed E-state index contributed by atoms with van der Waals surface area (Å²) >= 11 is 3.07. The molecule has 1 aromatic heterocycles. The molecule has 1 rings (SSSR count). The van der Waals surface area contributed by atoms with Gasteiger partial charge in [0.05, 0.1) is 6.61 Å². The highest BCUT2D eigenvalue weighted by Crippen LogP contribution is 2.21. The number of anilines is 1. The van der Waals surface area contributed by atoms with Crippen LogP contribution in [0.3, 0.4) is 0 Å². The van der Waals surface area contributed by atoms with Gasteiger partial charge in [0.1, 0.15) is 10.8 Å². The number of nitrogens with one attached hydrogen (secondary N) is 1. The average Bonchev–Trinajstić information content (AvgIpc) is 2.33. The molecule has 1 aromatic rings. The van der Waals surface area contributed by atoms with Gasteiger partial charge in [-0.25, -0.2) is 9.97 Å². The highest BCUT2D eigenvalue weighted by Gasteiger charge is 2.03. The van der Waals surface area contributed by atoms with Crippen LogP contribution in [0.5, 0.6) is 0 Å². The molecule has 0 saturated heterocycles. The molecule has 0 radical (unpaired) electrons. The van der Waals surface area contributed by atoms with Crippen molar-refractivity contribution in [2.24, 2.45) is 0 Å². The maximum atomic E-state index is 8.78. The van der Waals surface area contributed by atoms with E-state index in [1.807, 2.05) is 12.3 Å². The van der Waals surface area contributed by atoms with E-state index in [-0.39, 0.29) is 6.61 Å². The van der Waals surface area contributed by atoms with Crippen molar-refractivity contribution in [1.29, 1.82) is 0 Å². The maximum Gasteiger partial charge on any atom is 0.190 e. The van der Waals surface area contributed by atoms with Gasteiger partial charge in [0.2, 0.25) is 0 Å². The van der Waals surface area contributed by atoms with Crippen LogP contribution in [0.2, 0.25) is 0 Å². The molecule has 2 N–H and O–H groups in total. The van der Waals surface area contributed by atoms with E-state index >= 15 is 0 Å². The van der Waals surface area contributed by atoms with E-state index in [9.17, 15) is 0 Å². The van der Waals surface area contributed by atoms with Crippen molar-refractivity contribution >= 4 is 29.3 Å². The normalized spacial score (nSPS) is 10.4. The average molecular weight is 259 g/mol. The second kappa shape index (κ2) is 7.76. The van der Waals surface area contributed by atoms with Crippen molar-refractivity contribution < 1.29 is 5.11 Å². The van der Waals surface area contributed by atoms with Gasteiger partial charge in [0, 0.05) is 18.4 Å². The first-order valence-corrected chi connectivity index (χ1v) is 7.41. The van der Waals surface area contributed by atoms with Crippen LogP contribution < -0.4 is 5.32 Å². The summed E-state index contributed by atoms with van der Waals surface area (Å²) in [5.74, 6) is 1.53. The Morgan fingerprint density at radius 1 is 1.44 bits per heavy atom. The number of hydrogen-bond acceptors (Lipinski definition) is 6. The minimum atomic E-state index is 0.168. The molecule has 1 heterocycles. The van der Waals surface area contributed by atoms with E-state index in [1.165, 1.54) is 11.8 Å². The van der Waals surface area contributed by atoms with Crippen LogP contribution in [0.15, 0.2) is 16.2 Å². The van der Waals surface area contributed by atoms with Gasteiger partial charge in [-0.3, -0.25) is 0 Å². The van der Waals surface area contributed by atoms with Gasteiger partial charge in [-0.15, -0.1) is 11.8 Å². The number of nitrogens with zero attached hydrogens (tertiary/aromatic N) is 2. The third-order valence-corrected chi connectivity index (χ3v) is 3.20. The fraction of sp³-hybridized carbons (Fsp3) is 0.600. The van der Waals surface area contributed by atoms with Gasteiger partial charge in [0.25, 0.3) is 0 Å². The third kappa shape index (κ3) is 4.59. The van der Waals surface area contributed by atoms with E-state index in [1.54, 1.807) is 11.8 Å². The Morgan fingerprint density at radius 2 is 2.25 bits per heavy atom. The Bertz CT molecular complexity index is 297. The molecule has 0 aromatic carbocycles. The molecule has 90 valence electrons. The van der Waals surface area contributed by atoms with Crippen molar-refractivity contribution in [2.45, 2.75) is 23.5 Å². The zero-order valence-corrected chi connectivity index (χ0v) is 11.2. The molecular formula is C10H17N3OS2. The predicted molar refractivity (Wildman–Crippen MR) is 70.4 cm³/mol. The van der Waals surface area contributed by atoms with Crippen LogP contribution in [0, 0.1) is 0 Å². The highest BCUT2D eigenvalue weighted by atomic mass is 32.2. The van der Waals surface area contributed by atoms with E-state index in [2.05, 4.69) is 22.2 Å². The lowest BCUT2D eigenvalue weighted by Crippen LogP contribution is -2.04. The number of rotatable bonds is 7. The predicted octanol–water partition coefficient (Wildman–Crippen LogP) is 2.10. The van der Waals surface area contributed by atoms with Crippen LogP contribution in [0.25, 0.3) is 0 Å². The van der Waals surface area contributed by atoms with E-state index < -0.39 is 0 Å². The van der Waals surface area contributed by atoms with Crippen LogP contribution in [-0.2, 0) is 0 Å². The molecule has 6 heteroatoms. The molecule has 0 saturated carbocycles. The smallest absolute Gasteiger partial charge is 0.190 e. The minimum absolute atomic E-state index is 0.168. The zero-order chi connectivity index (χ0) is 11.8. The van der Waals surface area contributed by atoms with Crippen LogP contribution in [0.1, 0.15) is 13.3 Å². The Morgan fingerprint density at radius 3 is 2.88 bits per heavy atom. The Hall–Kier alpha value is -0.460. The van der Waals surface area contributed by atoms with Gasteiger partial charge < -0.3 is 10.4 Å². The third-order valence-electron chi connectivity index (χ3n) is 1.76. The zero-order valence-electron chi connectivity index (χ0n) is 9.56. The topological polar surface area (TPSA) is 58.0 Å². The van der Waals surface area contributed by atoms with Gasteiger partial charge in [-0.05, 0) is 12.7 Å². The molecule has 0 spiro atoms. The maximum absolute atomic E-state index is 8.78. The number of aromatic nitrogens is 2. The van der Waals surface area contributed by atoms with Crippen molar-refractivity contribution in [1.82, 2.24) is 9.97 Å². The number of aliphatic hydroxyl groups is 1. The Labute approximate surface area is 105 Å². The number of hydrogen-bond donors (Lipinski definition) is 2. The lowest BCUT2D eigenvalue weighted by molar-refractivity contribution is 0.322. The fourth-order valence-electron chi connectivity index (χ4n) is 1.06. The minimum Gasteiger partial charge on any atom is -0.396 e. The van der Waals surface area contributed by atoms with E-state index in [4.69, 9.17) is 5.11 Å². The number of aliphatic hydroxyl groups excluding tert-OH is 1. The van der Waals surface area contributed by atoms with Gasteiger partial charge in [-0.2, -0.15) is 0 Å². The van der Waals surface area contributed by atoms with Crippen molar-refractivity contribution in [3.8, 4) is 0 Å². The summed E-state index contributed by atoms with van der Waals surface area (Å²) in [6.45, 7) is 3.20. The Kier molecular flexibility index (Phi) is 6.59. The van der Waals surface area contributed by atoms with Crippen LogP contribution in [0.4, 0.5) is 5.82 Å². The molecule has 0 amide bonds. The molecule has 0 atom stereocenters. The van der Waals surface area contributed by atoms with Crippen LogP contribution >= 0.6 is 23.5 Å². The monoisotopic (exact) mass is 259 g/mol. The molecule has 0 aliphatic carbocycles. The van der Waals surface area contributed by atoms with Crippen molar-refractivity contribution in [3.63, 3.8) is 0 Å². The molecule has 0 unspecified atom stereocenters. The lowest BCUT2D eigenvalue weighted by atomic mass is 10.4.